The molecule has 3 heterocycles. The van der Waals surface area contributed by atoms with Gasteiger partial charge in [-0.15, -0.1) is 0 Å². The van der Waals surface area contributed by atoms with Gasteiger partial charge in [-0.05, 0) is 11.6 Å². The highest BCUT2D eigenvalue weighted by Crippen LogP contribution is 2.27. The molecule has 0 spiro atoms. The van der Waals surface area contributed by atoms with Crippen LogP contribution in [0.3, 0.4) is 0 Å². The first kappa shape index (κ1) is 18.5. The van der Waals surface area contributed by atoms with E-state index in [2.05, 4.69) is 20.3 Å². The molecule has 1 amide bonds. The summed E-state index contributed by atoms with van der Waals surface area (Å²) in [7, 11) is 3.69. The van der Waals surface area contributed by atoms with Crippen molar-refractivity contribution in [3.63, 3.8) is 0 Å². The zero-order valence-electron chi connectivity index (χ0n) is 16.3. The maximum Gasteiger partial charge on any atom is 0.231 e. The summed E-state index contributed by atoms with van der Waals surface area (Å²) in [5.74, 6) is 0.984. The fraction of sp³-hybridized carbons (Fsp3) is 0.450. The largest absolute Gasteiger partial charge is 0.370 e. The van der Waals surface area contributed by atoms with Crippen molar-refractivity contribution in [2.75, 3.05) is 44.7 Å². The van der Waals surface area contributed by atoms with Crippen molar-refractivity contribution < 1.29 is 9.53 Å². The van der Waals surface area contributed by atoms with Gasteiger partial charge in [-0.2, -0.15) is 5.10 Å². The summed E-state index contributed by atoms with van der Waals surface area (Å²) in [6, 6.07) is 7.98. The number of aliphatic imine (C=N–C) groups is 1. The van der Waals surface area contributed by atoms with Crippen LogP contribution in [0.1, 0.15) is 17.2 Å². The van der Waals surface area contributed by atoms with Gasteiger partial charge in [0.25, 0.3) is 0 Å². The van der Waals surface area contributed by atoms with E-state index in [9.17, 15) is 4.79 Å². The summed E-state index contributed by atoms with van der Waals surface area (Å²) in [5, 5.41) is 7.64. The maximum atomic E-state index is 12.3. The minimum absolute atomic E-state index is 0.0203. The first-order valence-electron chi connectivity index (χ1n) is 9.59. The molecule has 1 fully saturated rings. The molecule has 2 aliphatic rings. The summed E-state index contributed by atoms with van der Waals surface area (Å²) in [6.07, 6.45) is 4.30. The van der Waals surface area contributed by atoms with Gasteiger partial charge in [-0.3, -0.25) is 14.5 Å². The number of nitrogens with zero attached hydrogens (tertiary/aromatic N) is 5. The standard InChI is InChI=1S/C20H26N6O2/c1-21-20(25-9-10-28-18(14-25)16-12-23-24(2)13-16)22-7-8-26-17-6-4-3-5-15(17)11-19(26)27/h3-6,12-13,18H,7-11,14H2,1-2H3,(H,21,22). The van der Waals surface area contributed by atoms with E-state index in [1.165, 1.54) is 0 Å². The molecule has 2 aromatic rings. The highest BCUT2D eigenvalue weighted by atomic mass is 16.5. The van der Waals surface area contributed by atoms with Gasteiger partial charge in [0.15, 0.2) is 5.96 Å². The molecule has 1 unspecified atom stereocenters. The monoisotopic (exact) mass is 382 g/mol. The van der Waals surface area contributed by atoms with Crippen molar-refractivity contribution in [1.82, 2.24) is 20.0 Å². The van der Waals surface area contributed by atoms with Gasteiger partial charge in [-0.1, -0.05) is 18.2 Å². The number of fused-ring (bicyclic) bond motifs is 1. The third kappa shape index (κ3) is 3.73. The Morgan fingerprint density at radius 3 is 3.04 bits per heavy atom. The molecule has 2 aliphatic heterocycles. The quantitative estimate of drug-likeness (QED) is 0.630. The molecule has 1 aromatic heterocycles. The number of para-hydroxylation sites is 1. The Kier molecular flexibility index (Phi) is 5.29. The average Bonchev–Trinajstić information content (AvgIpc) is 3.28. The van der Waals surface area contributed by atoms with Gasteiger partial charge in [0.1, 0.15) is 6.10 Å². The van der Waals surface area contributed by atoms with Crippen molar-refractivity contribution in [1.29, 1.82) is 0 Å². The number of anilines is 1. The van der Waals surface area contributed by atoms with Crippen LogP contribution in [0.15, 0.2) is 41.7 Å². The number of aromatic nitrogens is 2. The molecule has 1 atom stereocenters. The second kappa shape index (κ2) is 8.02. The number of hydrogen-bond acceptors (Lipinski definition) is 4. The van der Waals surface area contributed by atoms with E-state index in [4.69, 9.17) is 4.74 Å². The normalized spacial score (nSPS) is 19.9. The predicted octanol–water partition coefficient (Wildman–Crippen LogP) is 0.958. The summed E-state index contributed by atoms with van der Waals surface area (Å²) in [5.41, 5.74) is 3.19. The van der Waals surface area contributed by atoms with Gasteiger partial charge >= 0.3 is 0 Å². The lowest BCUT2D eigenvalue weighted by Crippen LogP contribution is -2.49. The van der Waals surface area contributed by atoms with Crippen LogP contribution in [0.2, 0.25) is 0 Å². The van der Waals surface area contributed by atoms with Crippen LogP contribution in [0.4, 0.5) is 5.69 Å². The molecule has 148 valence electrons. The lowest BCUT2D eigenvalue weighted by atomic mass is 10.1. The number of rotatable bonds is 4. The van der Waals surface area contributed by atoms with Gasteiger partial charge in [0, 0.05) is 51.2 Å². The van der Waals surface area contributed by atoms with Crippen LogP contribution >= 0.6 is 0 Å². The van der Waals surface area contributed by atoms with Gasteiger partial charge in [0.2, 0.25) is 5.91 Å². The molecule has 28 heavy (non-hydrogen) atoms. The fourth-order valence-corrected chi connectivity index (χ4v) is 3.82. The number of carbonyl (C=O) groups is 1. The maximum absolute atomic E-state index is 12.3. The first-order valence-corrected chi connectivity index (χ1v) is 9.59. The summed E-state index contributed by atoms with van der Waals surface area (Å²) >= 11 is 0. The first-order chi connectivity index (χ1) is 13.7. The molecule has 0 radical (unpaired) electrons. The van der Waals surface area contributed by atoms with Crippen molar-refractivity contribution in [2.24, 2.45) is 12.0 Å². The number of benzene rings is 1. The van der Waals surface area contributed by atoms with E-state index in [1.54, 1.807) is 11.7 Å². The summed E-state index contributed by atoms with van der Waals surface area (Å²) in [4.78, 5) is 20.8. The van der Waals surface area contributed by atoms with E-state index in [1.807, 2.05) is 48.6 Å². The molecule has 1 N–H and O–H groups in total. The number of ether oxygens (including phenoxy) is 1. The molecule has 0 bridgehead atoms. The number of hydrogen-bond donors (Lipinski definition) is 1. The average molecular weight is 382 g/mol. The van der Waals surface area contributed by atoms with Gasteiger partial charge < -0.3 is 19.9 Å². The van der Waals surface area contributed by atoms with E-state index in [0.29, 0.717) is 26.1 Å². The molecule has 8 heteroatoms. The van der Waals surface area contributed by atoms with E-state index < -0.39 is 0 Å². The lowest BCUT2D eigenvalue weighted by Gasteiger charge is -2.35. The molecular formula is C20H26N6O2. The lowest BCUT2D eigenvalue weighted by molar-refractivity contribution is -0.117. The number of amides is 1. The van der Waals surface area contributed by atoms with Crippen molar-refractivity contribution in [3.8, 4) is 0 Å². The van der Waals surface area contributed by atoms with E-state index in [-0.39, 0.29) is 12.0 Å². The molecule has 4 rings (SSSR count). The predicted molar refractivity (Wildman–Crippen MR) is 107 cm³/mol. The number of morpholine rings is 1. The van der Waals surface area contributed by atoms with Gasteiger partial charge in [0.05, 0.1) is 25.8 Å². The molecular weight excluding hydrogens is 356 g/mol. The Hall–Kier alpha value is -2.87. The minimum Gasteiger partial charge on any atom is -0.370 e. The zero-order chi connectivity index (χ0) is 19.5. The minimum atomic E-state index is -0.0203. The SMILES string of the molecule is CN=C(NCCN1C(=O)Cc2ccccc21)N1CCOC(c2cnn(C)c2)C1. The summed E-state index contributed by atoms with van der Waals surface area (Å²) in [6.45, 7) is 3.39. The summed E-state index contributed by atoms with van der Waals surface area (Å²) < 4.78 is 7.70. The third-order valence-electron chi connectivity index (χ3n) is 5.22. The molecule has 1 saturated heterocycles. The second-order valence-corrected chi connectivity index (χ2v) is 7.08. The number of carbonyl (C=O) groups excluding carboxylic acids is 1. The zero-order valence-corrected chi connectivity index (χ0v) is 16.3. The van der Waals surface area contributed by atoms with Crippen LogP contribution < -0.4 is 10.2 Å². The van der Waals surface area contributed by atoms with Crippen LogP contribution in [0.5, 0.6) is 0 Å². The third-order valence-corrected chi connectivity index (χ3v) is 5.22. The second-order valence-electron chi connectivity index (χ2n) is 7.08. The van der Waals surface area contributed by atoms with Crippen LogP contribution in [-0.4, -0.2) is 66.4 Å². The smallest absolute Gasteiger partial charge is 0.231 e. The Morgan fingerprint density at radius 2 is 2.25 bits per heavy atom. The Labute approximate surface area is 164 Å². The van der Waals surface area contributed by atoms with E-state index >= 15 is 0 Å². The fourth-order valence-electron chi connectivity index (χ4n) is 3.82. The van der Waals surface area contributed by atoms with Crippen molar-refractivity contribution in [3.05, 3.63) is 47.8 Å². The molecule has 0 saturated carbocycles. The molecule has 1 aromatic carbocycles. The highest BCUT2D eigenvalue weighted by molar-refractivity contribution is 6.01. The Bertz CT molecular complexity index is 877. The van der Waals surface area contributed by atoms with Crippen molar-refractivity contribution >= 4 is 17.6 Å². The Balaban J connectivity index is 1.34. The topological polar surface area (TPSA) is 75.0 Å². The van der Waals surface area contributed by atoms with Crippen molar-refractivity contribution in [2.45, 2.75) is 12.5 Å². The number of nitrogens with one attached hydrogen (secondary N) is 1. The van der Waals surface area contributed by atoms with Gasteiger partial charge in [-0.25, -0.2) is 0 Å². The highest BCUT2D eigenvalue weighted by Gasteiger charge is 2.27. The number of aryl methyl sites for hydroxylation is 1. The molecule has 8 nitrogen and oxygen atoms in total. The molecule has 0 aliphatic carbocycles. The van der Waals surface area contributed by atoms with E-state index in [0.717, 1.165) is 35.9 Å². The van der Waals surface area contributed by atoms with Crippen LogP contribution in [0, 0.1) is 0 Å². The van der Waals surface area contributed by atoms with Crippen LogP contribution in [-0.2, 0) is 23.0 Å². The Morgan fingerprint density at radius 1 is 1.39 bits per heavy atom. The van der Waals surface area contributed by atoms with Crippen LogP contribution in [0.25, 0.3) is 0 Å². The number of guanidine groups is 1.